The van der Waals surface area contributed by atoms with Crippen molar-refractivity contribution in [2.75, 3.05) is 10.7 Å². The quantitative estimate of drug-likeness (QED) is 0.590. The highest BCUT2D eigenvalue weighted by atomic mass is 32.1. The second-order valence-corrected chi connectivity index (χ2v) is 5.25. The fourth-order valence-electron chi connectivity index (χ4n) is 2.17. The third-order valence-electron chi connectivity index (χ3n) is 3.01. The molecule has 0 aromatic heterocycles. The van der Waals surface area contributed by atoms with Gasteiger partial charge in [0.15, 0.2) is 5.11 Å². The van der Waals surface area contributed by atoms with Crippen molar-refractivity contribution >= 4 is 28.7 Å². The Kier molecular flexibility index (Phi) is 4.58. The third-order valence-corrected chi connectivity index (χ3v) is 3.21. The Labute approximate surface area is 125 Å². The van der Waals surface area contributed by atoms with E-state index >= 15 is 0 Å². The summed E-state index contributed by atoms with van der Waals surface area (Å²) in [4.78, 5) is 0. The minimum atomic E-state index is 0.545. The zero-order chi connectivity index (χ0) is 14.5. The molecule has 0 amide bonds. The van der Waals surface area contributed by atoms with Gasteiger partial charge in [-0.15, -0.1) is 0 Å². The molecule has 104 valence electrons. The van der Waals surface area contributed by atoms with Crippen molar-refractivity contribution in [3.63, 3.8) is 0 Å². The Morgan fingerprint density at radius 3 is 2.15 bits per heavy atom. The Bertz CT molecular complexity index is 585. The van der Waals surface area contributed by atoms with Crippen molar-refractivity contribution in [2.45, 2.75) is 20.8 Å². The van der Waals surface area contributed by atoms with E-state index in [9.17, 15) is 0 Å². The van der Waals surface area contributed by atoms with Crippen molar-refractivity contribution < 1.29 is 0 Å². The van der Waals surface area contributed by atoms with Crippen LogP contribution in [0.4, 0.5) is 11.4 Å². The summed E-state index contributed by atoms with van der Waals surface area (Å²) in [6.07, 6.45) is 0. The normalized spacial score (nSPS) is 9.95. The monoisotopic (exact) mass is 285 g/mol. The predicted molar refractivity (Wildman–Crippen MR) is 90.1 cm³/mol. The lowest BCUT2D eigenvalue weighted by Gasteiger charge is -2.16. The second-order valence-electron chi connectivity index (χ2n) is 4.84. The van der Waals surface area contributed by atoms with Gasteiger partial charge in [-0.05, 0) is 56.2 Å². The summed E-state index contributed by atoms with van der Waals surface area (Å²) in [5.41, 5.74) is 11.7. The minimum Gasteiger partial charge on any atom is -0.331 e. The molecule has 0 heterocycles. The molecule has 0 aliphatic carbocycles. The van der Waals surface area contributed by atoms with Crippen LogP contribution in [0.25, 0.3) is 0 Å². The highest BCUT2D eigenvalue weighted by Crippen LogP contribution is 2.21. The number of hydrogen-bond acceptors (Lipinski definition) is 2. The molecule has 3 N–H and O–H groups in total. The van der Waals surface area contributed by atoms with Gasteiger partial charge in [-0.3, -0.25) is 10.9 Å². The molecule has 0 aliphatic rings. The van der Waals surface area contributed by atoms with E-state index in [-0.39, 0.29) is 0 Å². The van der Waals surface area contributed by atoms with Gasteiger partial charge in [-0.25, -0.2) is 0 Å². The van der Waals surface area contributed by atoms with Crippen LogP contribution in [0.1, 0.15) is 16.7 Å². The molecule has 0 spiro atoms. The van der Waals surface area contributed by atoms with Crippen LogP contribution in [-0.4, -0.2) is 5.11 Å². The van der Waals surface area contributed by atoms with Crippen LogP contribution in [0.2, 0.25) is 0 Å². The standard InChI is InChI=1S/C16H19N3S/c1-11-9-12(2)15(13(3)10-11)17-16(20)19-18-14-7-5-4-6-8-14/h4-10,18H,1-3H3,(H2,17,19,20). The van der Waals surface area contributed by atoms with E-state index in [0.717, 1.165) is 11.4 Å². The average Bonchev–Trinajstić information content (AvgIpc) is 2.42. The molecule has 2 aromatic rings. The lowest BCUT2D eigenvalue weighted by molar-refractivity contribution is 1.13. The van der Waals surface area contributed by atoms with Gasteiger partial charge >= 0.3 is 0 Å². The second kappa shape index (κ2) is 6.39. The predicted octanol–water partition coefficient (Wildman–Crippen LogP) is 3.93. The van der Waals surface area contributed by atoms with E-state index in [2.05, 4.69) is 49.1 Å². The molecule has 3 nitrogen and oxygen atoms in total. The Morgan fingerprint density at radius 2 is 1.55 bits per heavy atom. The minimum absolute atomic E-state index is 0.545. The van der Waals surface area contributed by atoms with Crippen LogP contribution < -0.4 is 16.2 Å². The van der Waals surface area contributed by atoms with Gasteiger partial charge < -0.3 is 5.32 Å². The molecule has 0 atom stereocenters. The molecular weight excluding hydrogens is 266 g/mol. The molecular formula is C16H19N3S. The number of thiocarbonyl (C=S) groups is 1. The first kappa shape index (κ1) is 14.3. The van der Waals surface area contributed by atoms with Crippen molar-refractivity contribution in [1.29, 1.82) is 0 Å². The van der Waals surface area contributed by atoms with Gasteiger partial charge in [0.1, 0.15) is 0 Å². The Morgan fingerprint density at radius 1 is 0.950 bits per heavy atom. The van der Waals surface area contributed by atoms with Gasteiger partial charge in [0.25, 0.3) is 0 Å². The van der Waals surface area contributed by atoms with Crippen molar-refractivity contribution in [3.05, 3.63) is 59.2 Å². The number of hydrogen-bond donors (Lipinski definition) is 3. The zero-order valence-electron chi connectivity index (χ0n) is 11.9. The summed E-state index contributed by atoms with van der Waals surface area (Å²) in [6, 6.07) is 14.1. The lowest BCUT2D eigenvalue weighted by atomic mass is 10.1. The van der Waals surface area contributed by atoms with Crippen LogP contribution in [0.15, 0.2) is 42.5 Å². The largest absolute Gasteiger partial charge is 0.331 e. The molecule has 0 aliphatic heterocycles. The summed E-state index contributed by atoms with van der Waals surface area (Å²) in [7, 11) is 0. The SMILES string of the molecule is Cc1cc(C)c(NC(=S)NNc2ccccc2)c(C)c1. The van der Waals surface area contributed by atoms with Crippen LogP contribution in [0.3, 0.4) is 0 Å². The Balaban J connectivity index is 1.98. The smallest absolute Gasteiger partial charge is 0.189 e. The van der Waals surface area contributed by atoms with E-state index in [0.29, 0.717) is 5.11 Å². The van der Waals surface area contributed by atoms with Crippen LogP contribution in [0.5, 0.6) is 0 Å². The summed E-state index contributed by atoms with van der Waals surface area (Å²) < 4.78 is 0. The lowest BCUT2D eigenvalue weighted by Crippen LogP contribution is -2.33. The molecule has 2 aromatic carbocycles. The van der Waals surface area contributed by atoms with E-state index in [1.54, 1.807) is 0 Å². The number of benzene rings is 2. The first-order valence-electron chi connectivity index (χ1n) is 6.52. The zero-order valence-corrected chi connectivity index (χ0v) is 12.8. The highest BCUT2D eigenvalue weighted by molar-refractivity contribution is 7.80. The fourth-order valence-corrected chi connectivity index (χ4v) is 2.33. The summed E-state index contributed by atoms with van der Waals surface area (Å²) in [6.45, 7) is 6.25. The van der Waals surface area contributed by atoms with Crippen molar-refractivity contribution in [2.24, 2.45) is 0 Å². The topological polar surface area (TPSA) is 36.1 Å². The number of anilines is 2. The summed E-state index contributed by atoms with van der Waals surface area (Å²) >= 11 is 5.30. The molecule has 20 heavy (non-hydrogen) atoms. The molecule has 0 unspecified atom stereocenters. The van der Waals surface area contributed by atoms with Crippen LogP contribution >= 0.6 is 12.2 Å². The van der Waals surface area contributed by atoms with Crippen LogP contribution in [-0.2, 0) is 0 Å². The molecule has 2 rings (SSSR count). The van der Waals surface area contributed by atoms with Gasteiger partial charge in [-0.1, -0.05) is 35.9 Å². The van der Waals surface area contributed by atoms with Gasteiger partial charge in [0.05, 0.1) is 5.69 Å². The first-order chi connectivity index (χ1) is 9.56. The number of nitrogens with one attached hydrogen (secondary N) is 3. The van der Waals surface area contributed by atoms with E-state index in [1.165, 1.54) is 16.7 Å². The van der Waals surface area contributed by atoms with Gasteiger partial charge in [0.2, 0.25) is 0 Å². The van der Waals surface area contributed by atoms with Crippen LogP contribution in [0, 0.1) is 20.8 Å². The van der Waals surface area contributed by atoms with E-state index in [1.807, 2.05) is 30.3 Å². The highest BCUT2D eigenvalue weighted by Gasteiger charge is 2.05. The Hall–Kier alpha value is -2.07. The fraction of sp³-hybridized carbons (Fsp3) is 0.188. The van der Waals surface area contributed by atoms with E-state index in [4.69, 9.17) is 12.2 Å². The maximum absolute atomic E-state index is 5.30. The van der Waals surface area contributed by atoms with Crippen molar-refractivity contribution in [3.8, 4) is 0 Å². The number of para-hydroxylation sites is 1. The summed E-state index contributed by atoms with van der Waals surface area (Å²) in [5.74, 6) is 0. The van der Waals surface area contributed by atoms with Gasteiger partial charge in [-0.2, -0.15) is 0 Å². The first-order valence-corrected chi connectivity index (χ1v) is 6.93. The summed E-state index contributed by atoms with van der Waals surface area (Å²) in [5, 5.41) is 3.78. The van der Waals surface area contributed by atoms with Gasteiger partial charge in [0, 0.05) is 5.69 Å². The molecule has 0 bridgehead atoms. The van der Waals surface area contributed by atoms with Crippen molar-refractivity contribution in [1.82, 2.24) is 5.43 Å². The maximum atomic E-state index is 5.30. The van der Waals surface area contributed by atoms with E-state index < -0.39 is 0 Å². The number of rotatable bonds is 3. The molecule has 4 heteroatoms. The third kappa shape index (κ3) is 3.71. The molecule has 0 saturated heterocycles. The number of hydrazine groups is 1. The molecule has 0 fully saturated rings. The number of aryl methyl sites for hydroxylation is 3. The molecule has 0 saturated carbocycles. The maximum Gasteiger partial charge on any atom is 0.189 e. The molecule has 0 radical (unpaired) electrons. The average molecular weight is 285 g/mol.